The van der Waals surface area contributed by atoms with Crippen LogP contribution in [0.4, 0.5) is 17.1 Å². The van der Waals surface area contributed by atoms with Crippen molar-refractivity contribution in [2.75, 3.05) is 28.8 Å². The molecule has 2 aromatic carbocycles. The summed E-state index contributed by atoms with van der Waals surface area (Å²) in [5.74, 6) is 0.657. The van der Waals surface area contributed by atoms with Crippen LogP contribution in [0.3, 0.4) is 0 Å². The number of hydrogen-bond donors (Lipinski definition) is 1. The van der Waals surface area contributed by atoms with Crippen molar-refractivity contribution >= 4 is 34.8 Å². The molecule has 1 aliphatic heterocycles. The van der Waals surface area contributed by atoms with Crippen LogP contribution in [-0.4, -0.2) is 37.4 Å². The Bertz CT molecular complexity index is 985. The minimum atomic E-state index is -0.236. The van der Waals surface area contributed by atoms with Crippen LogP contribution in [0, 0.1) is 5.92 Å². The average molecular weight is 421 g/mol. The van der Waals surface area contributed by atoms with Gasteiger partial charge in [-0.05, 0) is 62.1 Å². The summed E-state index contributed by atoms with van der Waals surface area (Å²) in [5.41, 5.74) is 2.08. The average Bonchev–Trinajstić information content (AvgIpc) is 3.63. The van der Waals surface area contributed by atoms with Gasteiger partial charge in [0.2, 0.25) is 17.7 Å². The highest BCUT2D eigenvalue weighted by Crippen LogP contribution is 2.37. The number of methoxy groups -OCH3 is 1. The van der Waals surface area contributed by atoms with E-state index < -0.39 is 0 Å². The van der Waals surface area contributed by atoms with Crippen molar-refractivity contribution in [1.29, 1.82) is 0 Å². The largest absolute Gasteiger partial charge is 0.497 e. The topological polar surface area (TPSA) is 79.0 Å². The second-order valence-corrected chi connectivity index (χ2v) is 8.09. The lowest BCUT2D eigenvalue weighted by molar-refractivity contribution is -0.124. The van der Waals surface area contributed by atoms with Crippen LogP contribution < -0.4 is 19.9 Å². The van der Waals surface area contributed by atoms with Gasteiger partial charge in [-0.1, -0.05) is 12.1 Å². The Labute approximate surface area is 182 Å². The van der Waals surface area contributed by atoms with Crippen molar-refractivity contribution in [3.63, 3.8) is 0 Å². The Balaban J connectivity index is 1.47. The summed E-state index contributed by atoms with van der Waals surface area (Å²) < 4.78 is 5.23. The van der Waals surface area contributed by atoms with E-state index in [1.54, 1.807) is 24.1 Å². The van der Waals surface area contributed by atoms with Crippen molar-refractivity contribution in [2.24, 2.45) is 5.92 Å². The maximum absolute atomic E-state index is 13.2. The first-order valence-electron chi connectivity index (χ1n) is 10.6. The van der Waals surface area contributed by atoms with Gasteiger partial charge in [0.25, 0.3) is 0 Å². The molecule has 1 N–H and O–H groups in total. The summed E-state index contributed by atoms with van der Waals surface area (Å²) in [5, 5.41) is 2.77. The summed E-state index contributed by atoms with van der Waals surface area (Å²) in [4.78, 5) is 41.4. The lowest BCUT2D eigenvalue weighted by Crippen LogP contribution is -2.43. The van der Waals surface area contributed by atoms with Gasteiger partial charge in [-0.2, -0.15) is 0 Å². The van der Waals surface area contributed by atoms with Crippen molar-refractivity contribution in [2.45, 2.75) is 38.6 Å². The third-order valence-electron chi connectivity index (χ3n) is 5.96. The molecule has 2 aromatic rings. The van der Waals surface area contributed by atoms with Crippen molar-refractivity contribution in [1.82, 2.24) is 0 Å². The number of rotatable bonds is 7. The van der Waals surface area contributed by atoms with E-state index in [-0.39, 0.29) is 43.1 Å². The highest BCUT2D eigenvalue weighted by molar-refractivity contribution is 6.10. The first kappa shape index (κ1) is 20.9. The summed E-state index contributed by atoms with van der Waals surface area (Å²) in [6.07, 6.45) is 2.35. The van der Waals surface area contributed by atoms with Crippen molar-refractivity contribution < 1.29 is 19.1 Å². The number of ether oxygens (including phenoxy) is 1. The predicted molar refractivity (Wildman–Crippen MR) is 119 cm³/mol. The summed E-state index contributed by atoms with van der Waals surface area (Å²) >= 11 is 0. The van der Waals surface area contributed by atoms with Crippen LogP contribution >= 0.6 is 0 Å². The molecule has 1 fully saturated rings. The minimum Gasteiger partial charge on any atom is -0.497 e. The monoisotopic (exact) mass is 421 g/mol. The summed E-state index contributed by atoms with van der Waals surface area (Å²) in [6, 6.07) is 14.7. The third kappa shape index (κ3) is 4.55. The Morgan fingerprint density at radius 2 is 1.84 bits per heavy atom. The van der Waals surface area contributed by atoms with Crippen LogP contribution in [0.5, 0.6) is 5.75 Å². The second kappa shape index (κ2) is 8.79. The molecule has 4 rings (SSSR count). The van der Waals surface area contributed by atoms with E-state index in [4.69, 9.17) is 4.74 Å². The maximum Gasteiger partial charge on any atom is 0.244 e. The molecular weight excluding hydrogens is 394 g/mol. The van der Waals surface area contributed by atoms with Gasteiger partial charge in [-0.15, -0.1) is 0 Å². The molecule has 3 amide bonds. The van der Waals surface area contributed by atoms with Crippen molar-refractivity contribution in [3.8, 4) is 5.75 Å². The number of para-hydroxylation sites is 2. The molecule has 0 bridgehead atoms. The van der Waals surface area contributed by atoms with Crippen LogP contribution in [0.25, 0.3) is 0 Å². The molecule has 1 aliphatic carbocycles. The van der Waals surface area contributed by atoms with E-state index in [1.807, 2.05) is 36.4 Å². The van der Waals surface area contributed by atoms with Gasteiger partial charge >= 0.3 is 0 Å². The zero-order chi connectivity index (χ0) is 22.0. The fourth-order valence-corrected chi connectivity index (χ4v) is 4.06. The summed E-state index contributed by atoms with van der Waals surface area (Å²) in [7, 11) is 1.61. The zero-order valence-electron chi connectivity index (χ0n) is 17.8. The minimum absolute atomic E-state index is 0.0370. The Kier molecular flexibility index (Phi) is 5.93. The quantitative estimate of drug-likeness (QED) is 0.741. The molecule has 1 heterocycles. The van der Waals surface area contributed by atoms with Gasteiger partial charge in [0.15, 0.2) is 0 Å². The molecule has 7 heteroatoms. The van der Waals surface area contributed by atoms with Gasteiger partial charge < -0.3 is 19.9 Å². The highest BCUT2D eigenvalue weighted by atomic mass is 16.5. The smallest absolute Gasteiger partial charge is 0.244 e. The first-order chi connectivity index (χ1) is 15.0. The predicted octanol–water partition coefficient (Wildman–Crippen LogP) is 3.59. The fraction of sp³-hybridized carbons (Fsp3) is 0.375. The van der Waals surface area contributed by atoms with Crippen LogP contribution in [-0.2, 0) is 14.4 Å². The molecule has 2 aliphatic rings. The molecule has 0 radical (unpaired) electrons. The number of fused-ring (bicyclic) bond motifs is 1. The Morgan fingerprint density at radius 1 is 1.13 bits per heavy atom. The number of nitrogens with zero attached hydrogens (tertiary/aromatic N) is 2. The number of nitrogens with one attached hydrogen (secondary N) is 1. The van der Waals surface area contributed by atoms with Gasteiger partial charge in [0.05, 0.1) is 18.5 Å². The highest BCUT2D eigenvalue weighted by Gasteiger charge is 2.35. The molecule has 0 saturated heterocycles. The molecular formula is C24H27N3O4. The zero-order valence-corrected chi connectivity index (χ0v) is 17.8. The van der Waals surface area contributed by atoms with Gasteiger partial charge in [-0.3, -0.25) is 14.4 Å². The number of amides is 3. The number of benzene rings is 2. The molecule has 1 unspecified atom stereocenters. The molecule has 31 heavy (non-hydrogen) atoms. The van der Waals surface area contributed by atoms with E-state index >= 15 is 0 Å². The molecule has 1 atom stereocenters. The van der Waals surface area contributed by atoms with Crippen LogP contribution in [0.2, 0.25) is 0 Å². The first-order valence-corrected chi connectivity index (χ1v) is 10.6. The molecule has 7 nitrogen and oxygen atoms in total. The van der Waals surface area contributed by atoms with E-state index in [1.165, 1.54) is 4.90 Å². The number of hydrogen-bond acceptors (Lipinski definition) is 4. The number of carbonyl (C=O) groups excluding carboxylic acids is 3. The van der Waals surface area contributed by atoms with Gasteiger partial charge in [-0.25, -0.2) is 0 Å². The van der Waals surface area contributed by atoms with Crippen LogP contribution in [0.1, 0.15) is 32.6 Å². The normalized spacial score (nSPS) is 16.2. The van der Waals surface area contributed by atoms with E-state index in [0.29, 0.717) is 17.3 Å². The lowest BCUT2D eigenvalue weighted by Gasteiger charge is -2.31. The van der Waals surface area contributed by atoms with Crippen molar-refractivity contribution in [3.05, 3.63) is 48.5 Å². The Morgan fingerprint density at radius 3 is 2.52 bits per heavy atom. The molecule has 0 aromatic heterocycles. The van der Waals surface area contributed by atoms with E-state index in [2.05, 4.69) is 12.2 Å². The third-order valence-corrected chi connectivity index (χ3v) is 5.96. The lowest BCUT2D eigenvalue weighted by atomic mass is 10.1. The second-order valence-electron chi connectivity index (χ2n) is 8.09. The standard InChI is InChI=1S/C24H27N3O4/c1-16(17-7-8-17)27(18-9-11-19(31-2)12-10-18)24(30)14-13-23(29)26-15-22(28)25-20-5-3-4-6-21(20)26/h3-6,9-12,16-17H,7-8,13-15H2,1-2H3,(H,25,28). The number of anilines is 3. The summed E-state index contributed by atoms with van der Waals surface area (Å²) in [6.45, 7) is 2.03. The Hall–Kier alpha value is -3.35. The van der Waals surface area contributed by atoms with E-state index in [0.717, 1.165) is 24.3 Å². The maximum atomic E-state index is 13.2. The molecule has 0 spiro atoms. The SMILES string of the molecule is COc1ccc(N(C(=O)CCC(=O)N2CC(=O)Nc3ccccc32)C(C)C2CC2)cc1. The van der Waals surface area contributed by atoms with E-state index in [9.17, 15) is 14.4 Å². The fourth-order valence-electron chi connectivity index (χ4n) is 4.06. The van der Waals surface area contributed by atoms with Gasteiger partial charge in [0, 0.05) is 24.6 Å². The molecule has 1 saturated carbocycles. The van der Waals surface area contributed by atoms with Gasteiger partial charge in [0.1, 0.15) is 12.3 Å². The van der Waals surface area contributed by atoms with Crippen LogP contribution in [0.15, 0.2) is 48.5 Å². The molecule has 162 valence electrons. The number of carbonyl (C=O) groups is 3.